The van der Waals surface area contributed by atoms with E-state index < -0.39 is 0 Å². The molecule has 0 radical (unpaired) electrons. The molecule has 0 bridgehead atoms. The summed E-state index contributed by atoms with van der Waals surface area (Å²) in [4.78, 5) is 2.43. The molecule has 1 saturated heterocycles. The summed E-state index contributed by atoms with van der Waals surface area (Å²) in [6.07, 6.45) is 0.993. The van der Waals surface area contributed by atoms with Gasteiger partial charge in [-0.3, -0.25) is 4.90 Å². The van der Waals surface area contributed by atoms with Gasteiger partial charge in [-0.2, -0.15) is 0 Å². The van der Waals surface area contributed by atoms with Crippen molar-refractivity contribution in [2.75, 3.05) is 32.8 Å². The number of nitrogens with zero attached hydrogens (tertiary/aromatic N) is 1. The zero-order chi connectivity index (χ0) is 16.1. The smallest absolute Gasteiger partial charge is 0.123 e. The van der Waals surface area contributed by atoms with Crippen LogP contribution in [0.2, 0.25) is 5.02 Å². The van der Waals surface area contributed by atoms with Gasteiger partial charge in [-0.15, -0.1) is 0 Å². The monoisotopic (exact) mass is 333 g/mol. The van der Waals surface area contributed by atoms with Crippen LogP contribution in [-0.2, 0) is 4.74 Å². The SMILES string of the molecule is Fc1ccc(C(CCN2CCOCC2)c2ccc(Cl)cc2)cc1. The Kier molecular flexibility index (Phi) is 5.65. The third-order valence-electron chi connectivity index (χ3n) is 4.38. The number of halogens is 2. The molecule has 1 aliphatic heterocycles. The number of hydrogen-bond donors (Lipinski definition) is 0. The second-order valence-corrected chi connectivity index (χ2v) is 6.33. The molecule has 3 rings (SSSR count). The molecule has 2 nitrogen and oxygen atoms in total. The fourth-order valence-electron chi connectivity index (χ4n) is 3.05. The first-order valence-corrected chi connectivity index (χ1v) is 8.41. The van der Waals surface area contributed by atoms with Crippen LogP contribution in [0.4, 0.5) is 4.39 Å². The van der Waals surface area contributed by atoms with Gasteiger partial charge in [0.05, 0.1) is 13.2 Å². The van der Waals surface area contributed by atoms with Gasteiger partial charge in [0.15, 0.2) is 0 Å². The van der Waals surface area contributed by atoms with Crippen LogP contribution in [0.1, 0.15) is 23.5 Å². The Balaban J connectivity index is 1.77. The lowest BCUT2D eigenvalue weighted by Gasteiger charge is -2.28. The van der Waals surface area contributed by atoms with Crippen molar-refractivity contribution in [3.63, 3.8) is 0 Å². The highest BCUT2D eigenvalue weighted by molar-refractivity contribution is 6.30. The topological polar surface area (TPSA) is 12.5 Å². The van der Waals surface area contributed by atoms with Gasteiger partial charge < -0.3 is 4.74 Å². The minimum atomic E-state index is -0.197. The van der Waals surface area contributed by atoms with Gasteiger partial charge in [0.1, 0.15) is 5.82 Å². The summed E-state index contributed by atoms with van der Waals surface area (Å²) >= 11 is 6.01. The van der Waals surface area contributed by atoms with Gasteiger partial charge >= 0.3 is 0 Å². The molecule has 122 valence electrons. The summed E-state index contributed by atoms with van der Waals surface area (Å²) < 4.78 is 18.6. The van der Waals surface area contributed by atoms with Gasteiger partial charge in [0, 0.05) is 24.0 Å². The Hall–Kier alpha value is -1.42. The third-order valence-corrected chi connectivity index (χ3v) is 4.63. The van der Waals surface area contributed by atoms with Gasteiger partial charge in [-0.05, 0) is 48.4 Å². The van der Waals surface area contributed by atoms with E-state index >= 15 is 0 Å². The maximum Gasteiger partial charge on any atom is 0.123 e. The Bertz CT molecular complexity index is 563. The lowest BCUT2D eigenvalue weighted by atomic mass is 9.88. The molecule has 2 aromatic carbocycles. The van der Waals surface area contributed by atoms with Crippen LogP contribution in [0.15, 0.2) is 48.5 Å². The molecule has 4 heteroatoms. The first kappa shape index (κ1) is 16.4. The minimum absolute atomic E-state index is 0.197. The van der Waals surface area contributed by atoms with Crippen molar-refractivity contribution in [2.45, 2.75) is 12.3 Å². The summed E-state index contributed by atoms with van der Waals surface area (Å²) in [6.45, 7) is 4.59. The number of morpholine rings is 1. The highest BCUT2D eigenvalue weighted by atomic mass is 35.5. The zero-order valence-electron chi connectivity index (χ0n) is 13.1. The normalized spacial score (nSPS) is 17.1. The van der Waals surface area contributed by atoms with E-state index in [0.29, 0.717) is 0 Å². The molecular weight excluding hydrogens is 313 g/mol. The Morgan fingerprint density at radius 1 is 0.957 bits per heavy atom. The Labute approximate surface area is 141 Å². The molecule has 0 N–H and O–H groups in total. The van der Waals surface area contributed by atoms with E-state index in [-0.39, 0.29) is 11.7 Å². The zero-order valence-corrected chi connectivity index (χ0v) is 13.8. The molecule has 1 fully saturated rings. The molecule has 1 atom stereocenters. The molecule has 2 aromatic rings. The molecule has 23 heavy (non-hydrogen) atoms. The maximum atomic E-state index is 13.2. The van der Waals surface area contributed by atoms with Gasteiger partial charge in [-0.25, -0.2) is 4.39 Å². The van der Waals surface area contributed by atoms with Crippen molar-refractivity contribution in [2.24, 2.45) is 0 Å². The first-order chi connectivity index (χ1) is 11.2. The van der Waals surface area contributed by atoms with Crippen molar-refractivity contribution in [1.29, 1.82) is 0 Å². The largest absolute Gasteiger partial charge is 0.379 e. The fourth-order valence-corrected chi connectivity index (χ4v) is 3.18. The number of rotatable bonds is 5. The Morgan fingerprint density at radius 3 is 2.13 bits per heavy atom. The molecule has 0 aromatic heterocycles. The van der Waals surface area contributed by atoms with E-state index in [1.165, 1.54) is 17.7 Å². The van der Waals surface area contributed by atoms with Crippen molar-refractivity contribution < 1.29 is 9.13 Å². The highest BCUT2D eigenvalue weighted by Crippen LogP contribution is 2.29. The number of ether oxygens (including phenoxy) is 1. The number of hydrogen-bond acceptors (Lipinski definition) is 2. The highest BCUT2D eigenvalue weighted by Gasteiger charge is 2.17. The molecule has 1 unspecified atom stereocenters. The lowest BCUT2D eigenvalue weighted by molar-refractivity contribution is 0.0369. The first-order valence-electron chi connectivity index (χ1n) is 8.03. The Morgan fingerprint density at radius 2 is 1.52 bits per heavy atom. The van der Waals surface area contributed by atoms with Crippen molar-refractivity contribution in [1.82, 2.24) is 4.90 Å². The van der Waals surface area contributed by atoms with Crippen LogP contribution in [0.3, 0.4) is 0 Å². The summed E-state index contributed by atoms with van der Waals surface area (Å²) in [5, 5.41) is 0.736. The summed E-state index contributed by atoms with van der Waals surface area (Å²) in [6, 6.07) is 14.8. The molecule has 1 aliphatic rings. The third kappa shape index (κ3) is 4.54. The molecule has 0 amide bonds. The van der Waals surface area contributed by atoms with E-state index in [9.17, 15) is 4.39 Å². The predicted molar refractivity (Wildman–Crippen MR) is 91.6 cm³/mol. The van der Waals surface area contributed by atoms with E-state index in [0.717, 1.165) is 49.9 Å². The standard InChI is InChI=1S/C19H21ClFNO/c20-17-5-1-15(2-6-17)19(16-3-7-18(21)8-4-16)9-10-22-11-13-23-14-12-22/h1-8,19H,9-14H2. The fraction of sp³-hybridized carbons (Fsp3) is 0.368. The summed E-state index contributed by atoms with van der Waals surface area (Å²) in [5.74, 6) is 0.0486. The van der Waals surface area contributed by atoms with E-state index in [2.05, 4.69) is 17.0 Å². The second kappa shape index (κ2) is 7.91. The van der Waals surface area contributed by atoms with Crippen LogP contribution < -0.4 is 0 Å². The molecule has 0 saturated carbocycles. The van der Waals surface area contributed by atoms with E-state index in [1.54, 1.807) is 0 Å². The minimum Gasteiger partial charge on any atom is -0.379 e. The summed E-state index contributed by atoms with van der Waals surface area (Å²) in [7, 11) is 0. The molecular formula is C19H21ClFNO. The molecule has 1 heterocycles. The number of benzene rings is 2. The second-order valence-electron chi connectivity index (χ2n) is 5.90. The van der Waals surface area contributed by atoms with Crippen LogP contribution in [0.5, 0.6) is 0 Å². The van der Waals surface area contributed by atoms with Crippen molar-refractivity contribution >= 4 is 11.6 Å². The van der Waals surface area contributed by atoms with Crippen molar-refractivity contribution in [3.05, 3.63) is 70.5 Å². The van der Waals surface area contributed by atoms with Gasteiger partial charge in [0.25, 0.3) is 0 Å². The molecule has 0 spiro atoms. The van der Waals surface area contributed by atoms with Gasteiger partial charge in [-0.1, -0.05) is 35.9 Å². The van der Waals surface area contributed by atoms with Crippen LogP contribution in [0.25, 0.3) is 0 Å². The average Bonchev–Trinajstić information content (AvgIpc) is 2.59. The van der Waals surface area contributed by atoms with Crippen LogP contribution >= 0.6 is 11.6 Å². The molecule has 0 aliphatic carbocycles. The maximum absolute atomic E-state index is 13.2. The lowest BCUT2D eigenvalue weighted by Crippen LogP contribution is -2.37. The van der Waals surface area contributed by atoms with Crippen LogP contribution in [0, 0.1) is 5.82 Å². The quantitative estimate of drug-likeness (QED) is 0.807. The van der Waals surface area contributed by atoms with E-state index in [1.807, 2.05) is 24.3 Å². The predicted octanol–water partition coefficient (Wildman–Crippen LogP) is 4.33. The van der Waals surface area contributed by atoms with Crippen LogP contribution in [-0.4, -0.2) is 37.7 Å². The van der Waals surface area contributed by atoms with Gasteiger partial charge in [0.2, 0.25) is 0 Å². The summed E-state index contributed by atoms with van der Waals surface area (Å²) in [5.41, 5.74) is 2.36. The van der Waals surface area contributed by atoms with E-state index in [4.69, 9.17) is 16.3 Å². The average molecular weight is 334 g/mol. The van der Waals surface area contributed by atoms with Crippen molar-refractivity contribution in [3.8, 4) is 0 Å².